The highest BCUT2D eigenvalue weighted by molar-refractivity contribution is 5.66. The van der Waals surface area contributed by atoms with Crippen molar-refractivity contribution in [3.05, 3.63) is 11.6 Å². The zero-order valence-electron chi connectivity index (χ0n) is 17.6. The lowest BCUT2D eigenvalue weighted by Crippen LogP contribution is -2.60. The first-order valence-electron chi connectivity index (χ1n) is 11.4. The van der Waals surface area contributed by atoms with Crippen molar-refractivity contribution in [1.29, 1.82) is 0 Å². The van der Waals surface area contributed by atoms with Crippen molar-refractivity contribution in [2.45, 2.75) is 95.4 Å². The van der Waals surface area contributed by atoms with E-state index in [-0.39, 0.29) is 29.8 Å². The zero-order valence-corrected chi connectivity index (χ0v) is 17.6. The quantitative estimate of drug-likeness (QED) is 0.342. The summed E-state index contributed by atoms with van der Waals surface area (Å²) < 4.78 is 6.24. The third-order valence-corrected chi connectivity index (χ3v) is 7.12. The maximum absolute atomic E-state index is 10.7. The van der Waals surface area contributed by atoms with Gasteiger partial charge >= 0.3 is 5.97 Å². The van der Waals surface area contributed by atoms with E-state index in [4.69, 9.17) is 9.84 Å². The van der Waals surface area contributed by atoms with Crippen molar-refractivity contribution in [3.63, 3.8) is 0 Å². The second kappa shape index (κ2) is 10.1. The molecule has 5 atom stereocenters. The molecule has 0 bridgehead atoms. The van der Waals surface area contributed by atoms with Crippen LogP contribution in [0.2, 0.25) is 0 Å². The summed E-state index contributed by atoms with van der Waals surface area (Å²) in [6.07, 6.45) is 10.5. The standard InChI is InChI=1S/C24H36O5/c1-2-29-24-15-14-22(26)19(12-13-21(25)17-8-4-3-5-9-17)20(24)16-18(24)10-6-7-11-23(27)28/h10,17,19-22,25-26H,2-9,11,14-16H2,1H3,(H,27,28). The van der Waals surface area contributed by atoms with Gasteiger partial charge in [0.2, 0.25) is 0 Å². The van der Waals surface area contributed by atoms with Crippen molar-refractivity contribution >= 4 is 5.97 Å². The maximum atomic E-state index is 10.7. The van der Waals surface area contributed by atoms with Crippen molar-refractivity contribution in [2.75, 3.05) is 6.61 Å². The summed E-state index contributed by atoms with van der Waals surface area (Å²) in [5.74, 6) is 5.80. The number of allylic oxidation sites excluding steroid dienone is 1. The third kappa shape index (κ3) is 5.05. The van der Waals surface area contributed by atoms with Gasteiger partial charge in [-0.1, -0.05) is 37.2 Å². The fourth-order valence-electron chi connectivity index (χ4n) is 5.52. The Kier molecular flexibility index (Phi) is 7.79. The molecule has 0 aromatic rings. The van der Waals surface area contributed by atoms with Crippen LogP contribution >= 0.6 is 0 Å². The highest BCUT2D eigenvalue weighted by atomic mass is 16.5. The number of aliphatic carboxylic acids is 1. The van der Waals surface area contributed by atoms with Gasteiger partial charge in [-0.2, -0.15) is 0 Å². The smallest absolute Gasteiger partial charge is 0.303 e. The molecule has 162 valence electrons. The molecule has 0 spiro atoms. The summed E-state index contributed by atoms with van der Waals surface area (Å²) in [6.45, 7) is 2.59. The van der Waals surface area contributed by atoms with Crippen LogP contribution in [0.15, 0.2) is 11.6 Å². The van der Waals surface area contributed by atoms with Gasteiger partial charge < -0.3 is 20.1 Å². The van der Waals surface area contributed by atoms with Crippen LogP contribution in [-0.4, -0.2) is 45.7 Å². The number of rotatable bonds is 7. The molecular weight excluding hydrogens is 368 g/mol. The average Bonchev–Trinajstić information content (AvgIpc) is 2.71. The van der Waals surface area contributed by atoms with Gasteiger partial charge in [0.15, 0.2) is 0 Å². The Morgan fingerprint density at radius 3 is 2.76 bits per heavy atom. The predicted octanol–water partition coefficient (Wildman–Crippen LogP) is 3.68. The number of hydrogen-bond donors (Lipinski definition) is 3. The molecule has 0 heterocycles. The Morgan fingerprint density at radius 1 is 1.31 bits per heavy atom. The van der Waals surface area contributed by atoms with E-state index >= 15 is 0 Å². The first kappa shape index (κ1) is 22.3. The van der Waals surface area contributed by atoms with Crippen molar-refractivity contribution in [3.8, 4) is 11.8 Å². The molecular formula is C24H36O5. The van der Waals surface area contributed by atoms with E-state index in [1.807, 2.05) is 6.92 Å². The van der Waals surface area contributed by atoms with E-state index in [0.717, 1.165) is 32.1 Å². The normalized spacial score (nSPS) is 34.6. The number of unbranched alkanes of at least 4 members (excludes halogenated alkanes) is 1. The van der Waals surface area contributed by atoms with Crippen molar-refractivity contribution in [1.82, 2.24) is 0 Å². The summed E-state index contributed by atoms with van der Waals surface area (Å²) in [6, 6.07) is 0. The van der Waals surface area contributed by atoms with Gasteiger partial charge in [-0.05, 0) is 63.4 Å². The summed E-state index contributed by atoms with van der Waals surface area (Å²) in [4.78, 5) is 10.7. The Hall–Kier alpha value is -1.35. The van der Waals surface area contributed by atoms with Gasteiger partial charge in [0.05, 0.1) is 17.6 Å². The fraction of sp³-hybridized carbons (Fsp3) is 0.792. The lowest BCUT2D eigenvalue weighted by molar-refractivity contribution is -0.153. The highest BCUT2D eigenvalue weighted by Gasteiger charge is 2.58. The van der Waals surface area contributed by atoms with E-state index in [2.05, 4.69) is 17.9 Å². The number of hydrogen-bond acceptors (Lipinski definition) is 4. The monoisotopic (exact) mass is 404 g/mol. The summed E-state index contributed by atoms with van der Waals surface area (Å²) in [5, 5.41) is 30.0. The number of aliphatic hydroxyl groups excluding tert-OH is 2. The van der Waals surface area contributed by atoms with E-state index in [9.17, 15) is 15.0 Å². The molecule has 0 amide bonds. The minimum Gasteiger partial charge on any atom is -0.481 e. The van der Waals surface area contributed by atoms with Crippen LogP contribution in [0.3, 0.4) is 0 Å². The van der Waals surface area contributed by atoms with Crippen molar-refractivity contribution < 1.29 is 24.9 Å². The number of ether oxygens (including phenoxy) is 1. The second-order valence-electron chi connectivity index (χ2n) is 8.91. The molecule has 0 saturated heterocycles. The Balaban J connectivity index is 1.69. The van der Waals surface area contributed by atoms with Crippen LogP contribution in [0.4, 0.5) is 0 Å². The van der Waals surface area contributed by atoms with Gasteiger partial charge in [-0.3, -0.25) is 4.79 Å². The van der Waals surface area contributed by atoms with Crippen LogP contribution in [0, 0.1) is 29.6 Å². The van der Waals surface area contributed by atoms with Crippen LogP contribution in [0.25, 0.3) is 0 Å². The number of aliphatic hydroxyl groups is 2. The SMILES string of the molecule is CCOC12CCC(O)C(C#CC(O)C3CCCCC3)C1CC2=CCCCC(=O)O. The minimum absolute atomic E-state index is 0.142. The second-order valence-corrected chi connectivity index (χ2v) is 8.91. The summed E-state index contributed by atoms with van der Waals surface area (Å²) in [5.41, 5.74) is 0.869. The Labute approximate surface area is 174 Å². The molecule has 29 heavy (non-hydrogen) atoms. The molecule has 0 aromatic heterocycles. The maximum Gasteiger partial charge on any atom is 0.303 e. The van der Waals surface area contributed by atoms with Crippen LogP contribution < -0.4 is 0 Å². The number of carboxylic acids is 1. The van der Waals surface area contributed by atoms with Crippen LogP contribution in [0.1, 0.15) is 77.6 Å². The van der Waals surface area contributed by atoms with Crippen molar-refractivity contribution in [2.24, 2.45) is 17.8 Å². The molecule has 0 aromatic carbocycles. The first-order chi connectivity index (χ1) is 14.0. The molecule has 5 unspecified atom stereocenters. The van der Waals surface area contributed by atoms with Gasteiger partial charge in [-0.25, -0.2) is 0 Å². The van der Waals surface area contributed by atoms with Gasteiger partial charge in [0, 0.05) is 18.9 Å². The van der Waals surface area contributed by atoms with Gasteiger partial charge in [0.25, 0.3) is 0 Å². The molecule has 3 fully saturated rings. The number of carbonyl (C=O) groups is 1. The Morgan fingerprint density at radius 2 is 2.07 bits per heavy atom. The highest BCUT2D eigenvalue weighted by Crippen LogP contribution is 2.57. The number of carboxylic acid groups (broad SMARTS) is 1. The first-order valence-corrected chi connectivity index (χ1v) is 11.4. The zero-order chi connectivity index (χ0) is 20.9. The summed E-state index contributed by atoms with van der Waals surface area (Å²) in [7, 11) is 0. The van der Waals surface area contributed by atoms with Crippen LogP contribution in [0.5, 0.6) is 0 Å². The largest absolute Gasteiger partial charge is 0.481 e. The lowest BCUT2D eigenvalue weighted by Gasteiger charge is -2.57. The van der Waals surface area contributed by atoms with E-state index in [1.165, 1.54) is 24.8 Å². The fourth-order valence-corrected chi connectivity index (χ4v) is 5.52. The van der Waals surface area contributed by atoms with Crippen LogP contribution in [-0.2, 0) is 9.53 Å². The molecule has 5 nitrogen and oxygen atoms in total. The summed E-state index contributed by atoms with van der Waals surface area (Å²) >= 11 is 0. The van der Waals surface area contributed by atoms with E-state index in [1.54, 1.807) is 0 Å². The molecule has 5 heteroatoms. The molecule has 0 aliphatic heterocycles. The Bertz CT molecular complexity index is 654. The lowest BCUT2D eigenvalue weighted by atomic mass is 9.53. The molecule has 3 rings (SSSR count). The molecule has 3 aliphatic rings. The molecule has 0 radical (unpaired) electrons. The molecule has 3 saturated carbocycles. The minimum atomic E-state index is -0.762. The number of fused-ring (bicyclic) bond motifs is 1. The third-order valence-electron chi connectivity index (χ3n) is 7.12. The topological polar surface area (TPSA) is 87.0 Å². The average molecular weight is 405 g/mol. The van der Waals surface area contributed by atoms with E-state index in [0.29, 0.717) is 19.4 Å². The van der Waals surface area contributed by atoms with E-state index < -0.39 is 18.2 Å². The van der Waals surface area contributed by atoms with Gasteiger partial charge in [-0.15, -0.1) is 0 Å². The molecule has 3 N–H and O–H groups in total. The predicted molar refractivity (Wildman–Crippen MR) is 111 cm³/mol. The van der Waals surface area contributed by atoms with Gasteiger partial charge in [0.1, 0.15) is 6.10 Å². The molecule has 3 aliphatic carbocycles.